The Hall–Kier alpha value is -1.50. The van der Waals surface area contributed by atoms with Gasteiger partial charge in [-0.2, -0.15) is 13.2 Å². The number of carbonyl (C=O) groups is 1. The summed E-state index contributed by atoms with van der Waals surface area (Å²) < 4.78 is 41.8. The van der Waals surface area contributed by atoms with Crippen molar-refractivity contribution >= 4 is 17.6 Å². The molecule has 0 aliphatic heterocycles. The van der Waals surface area contributed by atoms with Crippen LogP contribution in [-0.2, 0) is 4.79 Å². The lowest BCUT2D eigenvalue weighted by Crippen LogP contribution is -2.36. The van der Waals surface area contributed by atoms with Crippen LogP contribution in [0.5, 0.6) is 5.75 Å². The number of pyridine rings is 1. The van der Waals surface area contributed by atoms with Crippen molar-refractivity contribution in [2.45, 2.75) is 18.7 Å². The quantitative estimate of drug-likeness (QED) is 0.912. The second kappa shape index (κ2) is 5.22. The van der Waals surface area contributed by atoms with Crippen LogP contribution in [0.1, 0.15) is 6.42 Å². The summed E-state index contributed by atoms with van der Waals surface area (Å²) in [6, 6.07) is 1.12. The Morgan fingerprint density at radius 2 is 2.18 bits per heavy atom. The van der Waals surface area contributed by atoms with Crippen molar-refractivity contribution in [3.8, 4) is 5.75 Å². The van der Waals surface area contributed by atoms with Crippen LogP contribution in [0.4, 0.5) is 13.2 Å². The van der Waals surface area contributed by atoms with Gasteiger partial charge in [-0.3, -0.25) is 9.78 Å². The van der Waals surface area contributed by atoms with Gasteiger partial charge in [0.15, 0.2) is 0 Å². The van der Waals surface area contributed by atoms with Crippen molar-refractivity contribution in [2.24, 2.45) is 0 Å². The number of aliphatic carboxylic acids is 1. The van der Waals surface area contributed by atoms with Gasteiger partial charge in [-0.15, -0.1) is 0 Å². The molecule has 0 radical (unpaired) electrons. The molecule has 0 bridgehead atoms. The third kappa shape index (κ3) is 4.48. The highest BCUT2D eigenvalue weighted by atomic mass is 35.5. The normalized spacial score (nSPS) is 13.2. The van der Waals surface area contributed by atoms with Crippen molar-refractivity contribution in [1.82, 2.24) is 4.98 Å². The van der Waals surface area contributed by atoms with E-state index in [9.17, 15) is 18.0 Å². The van der Waals surface area contributed by atoms with Gasteiger partial charge < -0.3 is 9.84 Å². The molecule has 1 N–H and O–H groups in total. The van der Waals surface area contributed by atoms with Crippen molar-refractivity contribution in [3.05, 3.63) is 23.5 Å². The van der Waals surface area contributed by atoms with Crippen LogP contribution in [0.2, 0.25) is 5.02 Å². The predicted octanol–water partition coefficient (Wildman–Crippen LogP) is 2.52. The maximum atomic E-state index is 12.4. The summed E-state index contributed by atoms with van der Waals surface area (Å²) in [6.07, 6.45) is -6.16. The third-order valence-electron chi connectivity index (χ3n) is 1.68. The minimum atomic E-state index is -4.78. The zero-order valence-corrected chi connectivity index (χ0v) is 9.00. The number of hydrogen-bond acceptors (Lipinski definition) is 3. The predicted molar refractivity (Wildman–Crippen MR) is 52.0 cm³/mol. The number of hydrogen-bond donors (Lipinski definition) is 1. The van der Waals surface area contributed by atoms with Crippen LogP contribution < -0.4 is 4.74 Å². The molecule has 0 aliphatic carbocycles. The Morgan fingerprint density at radius 1 is 1.53 bits per heavy atom. The van der Waals surface area contributed by atoms with E-state index in [-0.39, 0.29) is 10.8 Å². The van der Waals surface area contributed by atoms with Crippen LogP contribution in [0, 0.1) is 0 Å². The molecule has 4 nitrogen and oxygen atoms in total. The molecule has 1 aromatic rings. The number of halogens is 4. The van der Waals surface area contributed by atoms with E-state index in [1.54, 1.807) is 0 Å². The first-order valence-corrected chi connectivity index (χ1v) is 4.72. The minimum Gasteiger partial charge on any atom is -0.481 e. The fourth-order valence-corrected chi connectivity index (χ4v) is 1.17. The van der Waals surface area contributed by atoms with Crippen LogP contribution in [0.15, 0.2) is 18.5 Å². The molecule has 1 aromatic heterocycles. The van der Waals surface area contributed by atoms with Crippen molar-refractivity contribution in [3.63, 3.8) is 0 Å². The zero-order valence-electron chi connectivity index (χ0n) is 8.24. The van der Waals surface area contributed by atoms with E-state index in [1.807, 2.05) is 0 Å². The fraction of sp³-hybridized carbons (Fsp3) is 0.333. The zero-order chi connectivity index (χ0) is 13.1. The summed E-state index contributed by atoms with van der Waals surface area (Å²) >= 11 is 5.51. The average Bonchev–Trinajstić information content (AvgIpc) is 2.14. The highest BCUT2D eigenvalue weighted by Gasteiger charge is 2.43. The van der Waals surface area contributed by atoms with Gasteiger partial charge in [0.2, 0.25) is 6.10 Å². The minimum absolute atomic E-state index is 0.0961. The van der Waals surface area contributed by atoms with Crippen molar-refractivity contribution in [2.75, 3.05) is 0 Å². The van der Waals surface area contributed by atoms with E-state index in [0.717, 1.165) is 12.3 Å². The van der Waals surface area contributed by atoms with Gasteiger partial charge in [0.05, 0.1) is 17.6 Å². The number of aromatic nitrogens is 1. The van der Waals surface area contributed by atoms with Crippen LogP contribution >= 0.6 is 11.6 Å². The largest absolute Gasteiger partial charge is 0.481 e. The summed E-state index contributed by atoms with van der Waals surface area (Å²) in [6.45, 7) is 0. The number of nitrogens with zero attached hydrogens (tertiary/aromatic N) is 1. The molecule has 0 spiro atoms. The number of rotatable bonds is 4. The van der Waals surface area contributed by atoms with Gasteiger partial charge in [0.25, 0.3) is 0 Å². The Balaban J connectivity index is 2.83. The average molecular weight is 270 g/mol. The van der Waals surface area contributed by atoms with E-state index < -0.39 is 24.7 Å². The molecule has 1 rings (SSSR count). The molecular formula is C9H7ClF3NO3. The van der Waals surface area contributed by atoms with Crippen LogP contribution in [-0.4, -0.2) is 28.3 Å². The van der Waals surface area contributed by atoms with Gasteiger partial charge in [0.1, 0.15) is 5.75 Å². The molecule has 1 heterocycles. The summed E-state index contributed by atoms with van der Waals surface area (Å²) in [5.74, 6) is -1.84. The second-order valence-electron chi connectivity index (χ2n) is 3.08. The smallest absolute Gasteiger partial charge is 0.426 e. The van der Waals surface area contributed by atoms with E-state index in [0.29, 0.717) is 0 Å². The topological polar surface area (TPSA) is 59.4 Å². The van der Waals surface area contributed by atoms with Gasteiger partial charge in [-0.05, 0) is 0 Å². The molecular weight excluding hydrogens is 263 g/mol. The van der Waals surface area contributed by atoms with Gasteiger partial charge in [0, 0.05) is 12.3 Å². The molecule has 17 heavy (non-hydrogen) atoms. The molecule has 8 heteroatoms. The number of ether oxygens (including phenoxy) is 1. The molecule has 0 saturated carbocycles. The highest BCUT2D eigenvalue weighted by molar-refractivity contribution is 6.30. The standard InChI is InChI=1S/C9H7ClF3NO3/c10-5-1-6(4-14-3-5)17-7(2-8(15)16)9(11,12)13/h1,3-4,7H,2H2,(H,15,16). The molecule has 94 valence electrons. The molecule has 1 unspecified atom stereocenters. The van der Waals surface area contributed by atoms with Crippen LogP contribution in [0.3, 0.4) is 0 Å². The van der Waals surface area contributed by atoms with Crippen LogP contribution in [0.25, 0.3) is 0 Å². The highest BCUT2D eigenvalue weighted by Crippen LogP contribution is 2.28. The van der Waals surface area contributed by atoms with Crippen molar-refractivity contribution < 1.29 is 27.8 Å². The summed E-state index contributed by atoms with van der Waals surface area (Å²) in [7, 11) is 0. The fourth-order valence-electron chi connectivity index (χ4n) is 1.00. The number of alkyl halides is 3. The Morgan fingerprint density at radius 3 is 2.65 bits per heavy atom. The number of carboxylic acids is 1. The molecule has 0 aromatic carbocycles. The maximum Gasteiger partial charge on any atom is 0.426 e. The molecule has 0 amide bonds. The van der Waals surface area contributed by atoms with Gasteiger partial charge in [-0.1, -0.05) is 11.6 Å². The van der Waals surface area contributed by atoms with Crippen molar-refractivity contribution in [1.29, 1.82) is 0 Å². The Bertz CT molecular complexity index is 411. The molecule has 0 fully saturated rings. The molecule has 0 aliphatic rings. The first-order chi connectivity index (χ1) is 7.79. The number of carboxylic acid groups (broad SMARTS) is 1. The Kier molecular flexibility index (Phi) is 4.17. The molecule has 1 atom stereocenters. The third-order valence-corrected chi connectivity index (χ3v) is 1.89. The van der Waals surface area contributed by atoms with E-state index >= 15 is 0 Å². The Labute approximate surface area is 99.0 Å². The van der Waals surface area contributed by atoms with Gasteiger partial charge in [-0.25, -0.2) is 0 Å². The lowest BCUT2D eigenvalue weighted by molar-refractivity contribution is -0.200. The summed E-state index contributed by atoms with van der Waals surface area (Å²) in [5, 5.41) is 8.45. The molecule has 0 saturated heterocycles. The maximum absolute atomic E-state index is 12.4. The van der Waals surface area contributed by atoms with E-state index in [2.05, 4.69) is 9.72 Å². The van der Waals surface area contributed by atoms with Gasteiger partial charge >= 0.3 is 12.1 Å². The first kappa shape index (κ1) is 13.6. The summed E-state index contributed by atoms with van der Waals surface area (Å²) in [4.78, 5) is 13.8. The summed E-state index contributed by atoms with van der Waals surface area (Å²) in [5.41, 5.74) is 0. The monoisotopic (exact) mass is 269 g/mol. The second-order valence-corrected chi connectivity index (χ2v) is 3.52. The SMILES string of the molecule is O=C(O)CC(Oc1cncc(Cl)c1)C(F)(F)F. The van der Waals surface area contributed by atoms with E-state index in [4.69, 9.17) is 16.7 Å². The lowest BCUT2D eigenvalue weighted by atomic mass is 10.2. The first-order valence-electron chi connectivity index (χ1n) is 4.35. The lowest BCUT2D eigenvalue weighted by Gasteiger charge is -2.19. The van der Waals surface area contributed by atoms with E-state index in [1.165, 1.54) is 6.20 Å².